The van der Waals surface area contributed by atoms with Crippen LogP contribution in [0.15, 0.2) is 48.5 Å². The van der Waals surface area contributed by atoms with Crippen LogP contribution < -0.4 is 9.47 Å². The van der Waals surface area contributed by atoms with E-state index in [1.807, 2.05) is 12.1 Å². The standard InChI is InChI=1S/C28H24F4N4O3/c1-28(2,39-24-22(31)10-17(29)11-23(24)32)27-34-33-25(35(27)3)20-9-16-14-36(26(37)19(16)12-21(20)30)13-15-5-7-18(38-4)8-6-15/h5-12H,13-14H2,1-4H3. The molecule has 11 heteroatoms. The van der Waals surface area contributed by atoms with Gasteiger partial charge in [0, 0.05) is 37.8 Å². The first-order valence-corrected chi connectivity index (χ1v) is 12.0. The van der Waals surface area contributed by atoms with E-state index in [1.54, 1.807) is 37.3 Å². The molecule has 5 rings (SSSR count). The van der Waals surface area contributed by atoms with Crippen LogP contribution in [0, 0.1) is 23.3 Å². The van der Waals surface area contributed by atoms with Crippen molar-refractivity contribution in [3.05, 3.63) is 94.3 Å². The predicted molar refractivity (Wildman–Crippen MR) is 133 cm³/mol. The van der Waals surface area contributed by atoms with Crippen LogP contribution >= 0.6 is 0 Å². The maximum absolute atomic E-state index is 15.3. The van der Waals surface area contributed by atoms with E-state index in [2.05, 4.69) is 10.2 Å². The van der Waals surface area contributed by atoms with E-state index in [9.17, 15) is 18.0 Å². The summed E-state index contributed by atoms with van der Waals surface area (Å²) in [6, 6.07) is 11.1. The predicted octanol–water partition coefficient (Wildman–Crippen LogP) is 5.52. The van der Waals surface area contributed by atoms with Gasteiger partial charge in [0.15, 0.2) is 34.6 Å². The number of aromatic nitrogens is 3. The number of carbonyl (C=O) groups excluding carboxylic acids is 1. The van der Waals surface area contributed by atoms with Crippen molar-refractivity contribution in [1.29, 1.82) is 0 Å². The molecule has 7 nitrogen and oxygen atoms in total. The van der Waals surface area contributed by atoms with Crippen molar-refractivity contribution in [2.24, 2.45) is 7.05 Å². The number of halogens is 4. The van der Waals surface area contributed by atoms with Gasteiger partial charge in [-0.25, -0.2) is 17.6 Å². The average molecular weight is 541 g/mol. The van der Waals surface area contributed by atoms with Crippen molar-refractivity contribution < 1.29 is 31.8 Å². The molecule has 1 aliphatic heterocycles. The van der Waals surface area contributed by atoms with Crippen LogP contribution in [-0.2, 0) is 25.7 Å². The Morgan fingerprint density at radius 1 is 0.923 bits per heavy atom. The molecule has 0 unspecified atom stereocenters. The van der Waals surface area contributed by atoms with Crippen LogP contribution in [0.5, 0.6) is 11.5 Å². The molecule has 4 aromatic rings. The number of amides is 1. The number of fused-ring (bicyclic) bond motifs is 1. The molecule has 1 aliphatic rings. The molecular formula is C28H24F4N4O3. The summed E-state index contributed by atoms with van der Waals surface area (Å²) in [6.07, 6.45) is 0. The third-order valence-corrected chi connectivity index (χ3v) is 6.58. The van der Waals surface area contributed by atoms with Gasteiger partial charge in [-0.05, 0) is 49.2 Å². The zero-order chi connectivity index (χ0) is 28.1. The Kier molecular flexibility index (Phi) is 6.53. The number of rotatable bonds is 7. The molecule has 0 bridgehead atoms. The summed E-state index contributed by atoms with van der Waals surface area (Å²) < 4.78 is 69.2. The third-order valence-electron chi connectivity index (χ3n) is 6.58. The molecule has 0 radical (unpaired) electrons. The second-order valence-corrected chi connectivity index (χ2v) is 9.72. The third kappa shape index (κ3) is 4.80. The van der Waals surface area contributed by atoms with E-state index in [4.69, 9.17) is 9.47 Å². The number of carbonyl (C=O) groups is 1. The van der Waals surface area contributed by atoms with Gasteiger partial charge in [0.05, 0.1) is 12.7 Å². The number of hydrogen-bond acceptors (Lipinski definition) is 5. The molecule has 0 atom stereocenters. The van der Waals surface area contributed by atoms with E-state index < -0.39 is 34.6 Å². The summed E-state index contributed by atoms with van der Waals surface area (Å²) in [6.45, 7) is 3.61. The van der Waals surface area contributed by atoms with Gasteiger partial charge in [-0.3, -0.25) is 4.79 Å². The summed E-state index contributed by atoms with van der Waals surface area (Å²) in [7, 11) is 3.13. The number of benzene rings is 3. The Morgan fingerprint density at radius 3 is 2.23 bits per heavy atom. The van der Waals surface area contributed by atoms with Gasteiger partial charge in [-0.2, -0.15) is 0 Å². The molecule has 3 aromatic carbocycles. The molecule has 2 heterocycles. The van der Waals surface area contributed by atoms with Crippen molar-refractivity contribution in [1.82, 2.24) is 19.7 Å². The molecule has 0 saturated carbocycles. The van der Waals surface area contributed by atoms with Crippen LogP contribution in [-0.4, -0.2) is 32.7 Å². The van der Waals surface area contributed by atoms with E-state index in [0.29, 0.717) is 30.0 Å². The first kappa shape index (κ1) is 26.2. The fourth-order valence-electron chi connectivity index (χ4n) is 4.66. The molecule has 39 heavy (non-hydrogen) atoms. The second kappa shape index (κ2) is 9.72. The van der Waals surface area contributed by atoms with Crippen molar-refractivity contribution in [2.45, 2.75) is 32.5 Å². The zero-order valence-corrected chi connectivity index (χ0v) is 21.6. The monoisotopic (exact) mass is 540 g/mol. The minimum absolute atomic E-state index is 0.101. The molecule has 1 aromatic heterocycles. The Bertz CT molecular complexity index is 1560. The van der Waals surface area contributed by atoms with E-state index >= 15 is 4.39 Å². The Balaban J connectivity index is 1.42. The lowest BCUT2D eigenvalue weighted by molar-refractivity contribution is 0.0766. The molecule has 0 fully saturated rings. The van der Waals surface area contributed by atoms with Gasteiger partial charge in [0.2, 0.25) is 0 Å². The number of methoxy groups -OCH3 is 1. The first-order chi connectivity index (χ1) is 18.5. The molecule has 0 aliphatic carbocycles. The summed E-state index contributed by atoms with van der Waals surface area (Å²) in [5.41, 5.74) is 0.451. The highest BCUT2D eigenvalue weighted by atomic mass is 19.1. The highest BCUT2D eigenvalue weighted by molar-refractivity contribution is 5.99. The Morgan fingerprint density at radius 2 is 1.59 bits per heavy atom. The lowest BCUT2D eigenvalue weighted by Crippen LogP contribution is -2.30. The molecule has 0 N–H and O–H groups in total. The van der Waals surface area contributed by atoms with Gasteiger partial charge in [-0.15, -0.1) is 10.2 Å². The van der Waals surface area contributed by atoms with Gasteiger partial charge in [0.1, 0.15) is 17.4 Å². The molecule has 202 valence electrons. The minimum atomic E-state index is -1.43. The number of hydrogen-bond donors (Lipinski definition) is 0. The van der Waals surface area contributed by atoms with E-state index in [0.717, 1.165) is 5.56 Å². The zero-order valence-electron chi connectivity index (χ0n) is 21.6. The normalized spacial score (nSPS) is 13.1. The average Bonchev–Trinajstić information content (AvgIpc) is 3.41. The Labute approximate surface area is 221 Å². The van der Waals surface area contributed by atoms with Crippen molar-refractivity contribution >= 4 is 5.91 Å². The lowest BCUT2D eigenvalue weighted by atomic mass is 10.0. The molecule has 1 amide bonds. The number of ether oxygens (including phenoxy) is 2. The lowest BCUT2D eigenvalue weighted by Gasteiger charge is -2.26. The minimum Gasteiger partial charge on any atom is -0.497 e. The fourth-order valence-corrected chi connectivity index (χ4v) is 4.66. The van der Waals surface area contributed by atoms with E-state index in [1.165, 1.54) is 24.5 Å². The quantitative estimate of drug-likeness (QED) is 0.289. The van der Waals surface area contributed by atoms with Gasteiger partial charge < -0.3 is 18.9 Å². The van der Waals surface area contributed by atoms with Gasteiger partial charge in [-0.1, -0.05) is 12.1 Å². The SMILES string of the molecule is COc1ccc(CN2Cc3cc(-c4nnc(C(C)(C)Oc5c(F)cc(F)cc5F)n4C)c(F)cc3C2=O)cc1. The van der Waals surface area contributed by atoms with Gasteiger partial charge in [0.25, 0.3) is 5.91 Å². The van der Waals surface area contributed by atoms with Crippen LogP contribution in [0.4, 0.5) is 17.6 Å². The van der Waals surface area contributed by atoms with Crippen molar-refractivity contribution in [2.75, 3.05) is 7.11 Å². The van der Waals surface area contributed by atoms with E-state index in [-0.39, 0.29) is 35.2 Å². The molecular weight excluding hydrogens is 516 g/mol. The maximum Gasteiger partial charge on any atom is 0.254 e. The highest BCUT2D eigenvalue weighted by Gasteiger charge is 2.34. The molecule has 0 spiro atoms. The summed E-state index contributed by atoms with van der Waals surface area (Å²) in [4.78, 5) is 14.6. The summed E-state index contributed by atoms with van der Waals surface area (Å²) in [5.74, 6) is -4.28. The smallest absolute Gasteiger partial charge is 0.254 e. The topological polar surface area (TPSA) is 69.5 Å². The van der Waals surface area contributed by atoms with Crippen molar-refractivity contribution in [3.63, 3.8) is 0 Å². The van der Waals surface area contributed by atoms with Gasteiger partial charge >= 0.3 is 0 Å². The molecule has 0 saturated heterocycles. The van der Waals surface area contributed by atoms with Crippen LogP contribution in [0.2, 0.25) is 0 Å². The first-order valence-electron chi connectivity index (χ1n) is 12.0. The largest absolute Gasteiger partial charge is 0.497 e. The van der Waals surface area contributed by atoms with Crippen LogP contribution in [0.3, 0.4) is 0 Å². The highest BCUT2D eigenvalue weighted by Crippen LogP contribution is 2.35. The van der Waals surface area contributed by atoms with Crippen molar-refractivity contribution in [3.8, 4) is 22.9 Å². The second-order valence-electron chi connectivity index (χ2n) is 9.72. The van der Waals surface area contributed by atoms with Crippen LogP contribution in [0.1, 0.15) is 41.2 Å². The Hall–Kier alpha value is -4.41. The fraction of sp³-hybridized carbons (Fsp3) is 0.250. The number of nitrogens with zero attached hydrogens (tertiary/aromatic N) is 4. The summed E-state index contributed by atoms with van der Waals surface area (Å²) in [5, 5.41) is 8.18. The van der Waals surface area contributed by atoms with Crippen LogP contribution in [0.25, 0.3) is 11.4 Å². The summed E-state index contributed by atoms with van der Waals surface area (Å²) >= 11 is 0. The maximum atomic E-state index is 15.3.